The summed E-state index contributed by atoms with van der Waals surface area (Å²) in [5.74, 6) is 1.46. The number of aryl methyl sites for hydroxylation is 1. The molecule has 0 spiro atoms. The van der Waals surface area contributed by atoms with Gasteiger partial charge in [-0.15, -0.1) is 0 Å². The first-order valence-electron chi connectivity index (χ1n) is 7.58. The first kappa shape index (κ1) is 15.4. The van der Waals surface area contributed by atoms with Gasteiger partial charge < -0.3 is 10.1 Å². The van der Waals surface area contributed by atoms with Gasteiger partial charge in [0.05, 0.1) is 6.61 Å². The van der Waals surface area contributed by atoms with E-state index in [4.69, 9.17) is 4.74 Å². The van der Waals surface area contributed by atoms with Crippen molar-refractivity contribution in [1.29, 1.82) is 0 Å². The van der Waals surface area contributed by atoms with Crippen molar-refractivity contribution in [2.24, 2.45) is 5.92 Å². The van der Waals surface area contributed by atoms with E-state index in [1.54, 1.807) is 0 Å². The van der Waals surface area contributed by atoms with E-state index in [1.165, 1.54) is 16.7 Å². The fourth-order valence-electron chi connectivity index (χ4n) is 2.16. The maximum absolute atomic E-state index is 5.76. The van der Waals surface area contributed by atoms with Crippen LogP contribution in [0.2, 0.25) is 0 Å². The first-order valence-corrected chi connectivity index (χ1v) is 7.58. The van der Waals surface area contributed by atoms with Crippen LogP contribution in [0.15, 0.2) is 42.5 Å². The summed E-state index contributed by atoms with van der Waals surface area (Å²) in [5.41, 5.74) is 5.13. The molecule has 0 aliphatic carbocycles. The third-order valence-corrected chi connectivity index (χ3v) is 3.62. The summed E-state index contributed by atoms with van der Waals surface area (Å²) < 4.78 is 5.76. The molecule has 0 radical (unpaired) electrons. The first-order chi connectivity index (χ1) is 10.1. The molecule has 0 unspecified atom stereocenters. The highest BCUT2D eigenvalue weighted by molar-refractivity contribution is 5.49. The summed E-state index contributed by atoms with van der Waals surface area (Å²) in [4.78, 5) is 0. The molecule has 2 rings (SSSR count). The molecular formula is C19H25NO. The molecule has 2 nitrogen and oxygen atoms in total. The third-order valence-electron chi connectivity index (χ3n) is 3.62. The molecule has 0 aliphatic heterocycles. The van der Waals surface area contributed by atoms with Crippen molar-refractivity contribution in [3.63, 3.8) is 0 Å². The van der Waals surface area contributed by atoms with Gasteiger partial charge in [0.25, 0.3) is 0 Å². The van der Waals surface area contributed by atoms with E-state index in [0.29, 0.717) is 5.92 Å². The van der Waals surface area contributed by atoms with Crippen LogP contribution >= 0.6 is 0 Å². The average molecular weight is 283 g/mol. The number of hydrogen-bond acceptors (Lipinski definition) is 2. The standard InChI is InChI=1S/C19H25NO/c1-14(2)13-21-19-10-6-9-18(11-19)20-12-17-8-5-7-15(3)16(17)4/h5-11,14,20H,12-13H2,1-4H3. The number of rotatable bonds is 6. The van der Waals surface area contributed by atoms with E-state index in [0.717, 1.165) is 24.6 Å². The van der Waals surface area contributed by atoms with Crippen molar-refractivity contribution in [3.8, 4) is 5.75 Å². The molecule has 0 bridgehead atoms. The normalized spacial score (nSPS) is 10.7. The van der Waals surface area contributed by atoms with Crippen LogP contribution in [0.5, 0.6) is 5.75 Å². The monoisotopic (exact) mass is 283 g/mol. The van der Waals surface area contributed by atoms with Gasteiger partial charge in [0.1, 0.15) is 5.75 Å². The molecule has 1 N–H and O–H groups in total. The second-order valence-corrected chi connectivity index (χ2v) is 5.95. The van der Waals surface area contributed by atoms with Crippen LogP contribution in [0.25, 0.3) is 0 Å². The van der Waals surface area contributed by atoms with E-state index in [1.807, 2.05) is 12.1 Å². The minimum Gasteiger partial charge on any atom is -0.493 e. The van der Waals surface area contributed by atoms with E-state index in [-0.39, 0.29) is 0 Å². The lowest BCUT2D eigenvalue weighted by molar-refractivity contribution is 0.271. The number of ether oxygens (including phenoxy) is 1. The van der Waals surface area contributed by atoms with Gasteiger partial charge in [0, 0.05) is 18.3 Å². The largest absolute Gasteiger partial charge is 0.493 e. The number of hydrogen-bond donors (Lipinski definition) is 1. The molecule has 0 atom stereocenters. The predicted octanol–water partition coefficient (Wildman–Crippen LogP) is 4.95. The Balaban J connectivity index is 2.00. The van der Waals surface area contributed by atoms with Gasteiger partial charge in [-0.2, -0.15) is 0 Å². The summed E-state index contributed by atoms with van der Waals surface area (Å²) in [6.07, 6.45) is 0. The zero-order chi connectivity index (χ0) is 15.2. The van der Waals surface area contributed by atoms with Gasteiger partial charge in [0.2, 0.25) is 0 Å². The Labute approximate surface area is 128 Å². The highest BCUT2D eigenvalue weighted by Gasteiger charge is 2.02. The minimum atomic E-state index is 0.538. The Morgan fingerprint density at radius 2 is 1.81 bits per heavy atom. The van der Waals surface area contributed by atoms with Crippen molar-refractivity contribution in [2.75, 3.05) is 11.9 Å². The zero-order valence-electron chi connectivity index (χ0n) is 13.4. The summed E-state index contributed by atoms with van der Waals surface area (Å²) >= 11 is 0. The molecule has 2 aromatic carbocycles. The fraction of sp³-hybridized carbons (Fsp3) is 0.368. The Morgan fingerprint density at radius 1 is 1.05 bits per heavy atom. The van der Waals surface area contributed by atoms with E-state index >= 15 is 0 Å². The predicted molar refractivity (Wildman–Crippen MR) is 90.0 cm³/mol. The molecule has 0 amide bonds. The van der Waals surface area contributed by atoms with Crippen LogP contribution < -0.4 is 10.1 Å². The van der Waals surface area contributed by atoms with Gasteiger partial charge in [-0.25, -0.2) is 0 Å². The van der Waals surface area contributed by atoms with Gasteiger partial charge >= 0.3 is 0 Å². The lowest BCUT2D eigenvalue weighted by Gasteiger charge is -2.13. The molecule has 0 aliphatic rings. The van der Waals surface area contributed by atoms with Crippen molar-refractivity contribution in [2.45, 2.75) is 34.2 Å². The molecule has 0 saturated heterocycles. The lowest BCUT2D eigenvalue weighted by atomic mass is 10.0. The van der Waals surface area contributed by atoms with Crippen LogP contribution in [-0.2, 0) is 6.54 Å². The smallest absolute Gasteiger partial charge is 0.121 e. The number of nitrogens with one attached hydrogen (secondary N) is 1. The van der Waals surface area contributed by atoms with Crippen LogP contribution in [0.3, 0.4) is 0 Å². The summed E-state index contributed by atoms with van der Waals surface area (Å²) in [6.45, 7) is 10.2. The maximum Gasteiger partial charge on any atom is 0.121 e. The second kappa shape index (κ2) is 7.16. The molecule has 21 heavy (non-hydrogen) atoms. The SMILES string of the molecule is Cc1cccc(CNc2cccc(OCC(C)C)c2)c1C. The number of benzene rings is 2. The third kappa shape index (κ3) is 4.52. The Kier molecular flexibility index (Phi) is 5.26. The topological polar surface area (TPSA) is 21.3 Å². The van der Waals surface area contributed by atoms with E-state index < -0.39 is 0 Å². The van der Waals surface area contributed by atoms with Crippen molar-refractivity contribution < 1.29 is 4.74 Å². The molecule has 112 valence electrons. The highest BCUT2D eigenvalue weighted by atomic mass is 16.5. The van der Waals surface area contributed by atoms with E-state index in [9.17, 15) is 0 Å². The lowest BCUT2D eigenvalue weighted by Crippen LogP contribution is -2.05. The summed E-state index contributed by atoms with van der Waals surface area (Å²) in [7, 11) is 0. The fourth-order valence-corrected chi connectivity index (χ4v) is 2.16. The Bertz CT molecular complexity index is 590. The van der Waals surface area contributed by atoms with Crippen molar-refractivity contribution in [3.05, 3.63) is 59.2 Å². The molecule has 0 heterocycles. The quantitative estimate of drug-likeness (QED) is 0.810. The van der Waals surface area contributed by atoms with Crippen LogP contribution in [-0.4, -0.2) is 6.61 Å². The van der Waals surface area contributed by atoms with Crippen molar-refractivity contribution in [1.82, 2.24) is 0 Å². The Hall–Kier alpha value is -1.96. The molecule has 0 aromatic heterocycles. The van der Waals surface area contributed by atoms with Gasteiger partial charge in [-0.3, -0.25) is 0 Å². The minimum absolute atomic E-state index is 0.538. The second-order valence-electron chi connectivity index (χ2n) is 5.95. The van der Waals surface area contributed by atoms with E-state index in [2.05, 4.69) is 63.3 Å². The van der Waals surface area contributed by atoms with Crippen LogP contribution in [0.4, 0.5) is 5.69 Å². The number of anilines is 1. The molecule has 2 aromatic rings. The molecule has 0 saturated carbocycles. The molecular weight excluding hydrogens is 258 g/mol. The Morgan fingerprint density at radius 3 is 2.57 bits per heavy atom. The van der Waals surface area contributed by atoms with Crippen molar-refractivity contribution >= 4 is 5.69 Å². The maximum atomic E-state index is 5.76. The van der Waals surface area contributed by atoms with Gasteiger partial charge in [-0.1, -0.05) is 38.1 Å². The van der Waals surface area contributed by atoms with Crippen LogP contribution in [0, 0.1) is 19.8 Å². The van der Waals surface area contributed by atoms with Crippen LogP contribution in [0.1, 0.15) is 30.5 Å². The highest BCUT2D eigenvalue weighted by Crippen LogP contribution is 2.20. The molecule has 2 heteroatoms. The zero-order valence-corrected chi connectivity index (χ0v) is 13.4. The van der Waals surface area contributed by atoms with Gasteiger partial charge in [-0.05, 0) is 48.6 Å². The molecule has 0 fully saturated rings. The summed E-state index contributed by atoms with van der Waals surface area (Å²) in [6, 6.07) is 14.6. The summed E-state index contributed by atoms with van der Waals surface area (Å²) in [5, 5.41) is 3.48. The average Bonchev–Trinajstić information content (AvgIpc) is 2.47. The van der Waals surface area contributed by atoms with Gasteiger partial charge in [0.15, 0.2) is 0 Å².